The highest BCUT2D eigenvalue weighted by Gasteiger charge is 2.01. The lowest BCUT2D eigenvalue weighted by atomic mass is 10.2. The summed E-state index contributed by atoms with van der Waals surface area (Å²) < 4.78 is 15.7. The van der Waals surface area contributed by atoms with Gasteiger partial charge in [0.15, 0.2) is 0 Å². The number of ether oxygens (including phenoxy) is 3. The number of rotatable bonds is 12. The lowest BCUT2D eigenvalue weighted by Crippen LogP contribution is -2.24. The SMILES string of the molecule is CCCCCOC/C=C/C=C/CNC(=O)OCc1ccc(OC)cc1. The van der Waals surface area contributed by atoms with Gasteiger partial charge in [-0.3, -0.25) is 0 Å². The van der Waals surface area contributed by atoms with E-state index in [4.69, 9.17) is 14.2 Å². The van der Waals surface area contributed by atoms with E-state index in [2.05, 4.69) is 12.2 Å². The van der Waals surface area contributed by atoms with Crippen LogP contribution >= 0.6 is 0 Å². The van der Waals surface area contributed by atoms with Crippen LogP contribution in [0.5, 0.6) is 5.75 Å². The number of allylic oxidation sites excluding steroid dienone is 2. The Morgan fingerprint density at radius 1 is 1.12 bits per heavy atom. The van der Waals surface area contributed by atoms with E-state index in [1.807, 2.05) is 48.6 Å². The summed E-state index contributed by atoms with van der Waals surface area (Å²) in [7, 11) is 1.61. The number of nitrogens with one attached hydrogen (secondary N) is 1. The third kappa shape index (κ3) is 11.0. The van der Waals surface area contributed by atoms with Crippen molar-refractivity contribution in [2.45, 2.75) is 32.8 Å². The molecule has 1 rings (SSSR count). The lowest BCUT2D eigenvalue weighted by Gasteiger charge is -2.06. The number of alkyl carbamates (subject to hydrolysis) is 1. The van der Waals surface area contributed by atoms with Gasteiger partial charge in [-0.1, -0.05) is 56.2 Å². The summed E-state index contributed by atoms with van der Waals surface area (Å²) >= 11 is 0. The van der Waals surface area contributed by atoms with Gasteiger partial charge in [-0.25, -0.2) is 4.79 Å². The van der Waals surface area contributed by atoms with E-state index in [-0.39, 0.29) is 6.61 Å². The maximum atomic E-state index is 11.6. The second-order valence-corrected chi connectivity index (χ2v) is 5.44. The van der Waals surface area contributed by atoms with Crippen LogP contribution in [0, 0.1) is 0 Å². The molecule has 0 fully saturated rings. The first-order valence-electron chi connectivity index (χ1n) is 8.69. The minimum Gasteiger partial charge on any atom is -0.497 e. The van der Waals surface area contributed by atoms with E-state index in [0.717, 1.165) is 24.3 Å². The maximum absolute atomic E-state index is 11.6. The molecule has 138 valence electrons. The Morgan fingerprint density at radius 2 is 1.88 bits per heavy atom. The van der Waals surface area contributed by atoms with Crippen molar-refractivity contribution in [3.8, 4) is 5.75 Å². The van der Waals surface area contributed by atoms with E-state index >= 15 is 0 Å². The van der Waals surface area contributed by atoms with E-state index in [1.54, 1.807) is 7.11 Å². The molecular formula is C20H29NO4. The van der Waals surface area contributed by atoms with Gasteiger partial charge in [-0.05, 0) is 24.1 Å². The summed E-state index contributed by atoms with van der Waals surface area (Å²) in [6.07, 6.45) is 10.7. The molecule has 0 bridgehead atoms. The van der Waals surface area contributed by atoms with Crippen molar-refractivity contribution in [2.75, 3.05) is 26.9 Å². The second kappa shape index (κ2) is 14.1. The zero-order valence-electron chi connectivity index (χ0n) is 15.2. The Bertz CT molecular complexity index is 523. The summed E-state index contributed by atoms with van der Waals surface area (Å²) in [5.74, 6) is 0.776. The molecule has 0 atom stereocenters. The molecule has 0 radical (unpaired) electrons. The number of carbonyl (C=O) groups is 1. The Kier molecular flexibility index (Phi) is 11.7. The van der Waals surface area contributed by atoms with Crippen molar-refractivity contribution in [3.63, 3.8) is 0 Å². The topological polar surface area (TPSA) is 56.8 Å². The predicted octanol–water partition coefficient (Wildman–Crippen LogP) is 4.24. The Hall–Kier alpha value is -2.27. The normalized spacial score (nSPS) is 11.1. The van der Waals surface area contributed by atoms with Gasteiger partial charge in [0.05, 0.1) is 13.7 Å². The van der Waals surface area contributed by atoms with Crippen molar-refractivity contribution in [1.29, 1.82) is 0 Å². The molecule has 0 aliphatic rings. The van der Waals surface area contributed by atoms with Gasteiger partial charge in [0.1, 0.15) is 12.4 Å². The highest BCUT2D eigenvalue weighted by atomic mass is 16.5. The molecule has 5 nitrogen and oxygen atoms in total. The van der Waals surface area contributed by atoms with Gasteiger partial charge < -0.3 is 19.5 Å². The molecule has 1 amide bonds. The Morgan fingerprint density at radius 3 is 2.60 bits per heavy atom. The van der Waals surface area contributed by atoms with Crippen molar-refractivity contribution in [1.82, 2.24) is 5.32 Å². The molecule has 1 N–H and O–H groups in total. The number of amides is 1. The molecule has 0 aliphatic heterocycles. The highest BCUT2D eigenvalue weighted by molar-refractivity contribution is 5.67. The van der Waals surface area contributed by atoms with Gasteiger partial charge in [0.2, 0.25) is 0 Å². The van der Waals surface area contributed by atoms with Crippen molar-refractivity contribution < 1.29 is 19.0 Å². The molecule has 0 unspecified atom stereocenters. The highest BCUT2D eigenvalue weighted by Crippen LogP contribution is 2.11. The van der Waals surface area contributed by atoms with Crippen LogP contribution in [0.15, 0.2) is 48.6 Å². The second-order valence-electron chi connectivity index (χ2n) is 5.44. The Labute approximate surface area is 150 Å². The van der Waals surface area contributed by atoms with Crippen molar-refractivity contribution in [2.24, 2.45) is 0 Å². The molecule has 1 aromatic carbocycles. The number of benzene rings is 1. The van der Waals surface area contributed by atoms with E-state index in [0.29, 0.717) is 13.2 Å². The summed E-state index contributed by atoms with van der Waals surface area (Å²) in [4.78, 5) is 11.6. The summed E-state index contributed by atoms with van der Waals surface area (Å²) in [5, 5.41) is 2.66. The summed E-state index contributed by atoms with van der Waals surface area (Å²) in [6.45, 7) is 4.25. The predicted molar refractivity (Wildman–Crippen MR) is 99.8 cm³/mol. The van der Waals surface area contributed by atoms with E-state index in [9.17, 15) is 4.79 Å². The quantitative estimate of drug-likeness (QED) is 0.454. The van der Waals surface area contributed by atoms with Crippen LogP contribution in [0.3, 0.4) is 0 Å². The molecule has 0 saturated heterocycles. The van der Waals surface area contributed by atoms with Gasteiger partial charge >= 0.3 is 6.09 Å². The van der Waals surface area contributed by atoms with Crippen LogP contribution in [0.1, 0.15) is 31.7 Å². The van der Waals surface area contributed by atoms with Crippen LogP contribution in [0.2, 0.25) is 0 Å². The number of carbonyl (C=O) groups excluding carboxylic acids is 1. The number of methoxy groups -OCH3 is 1. The van der Waals surface area contributed by atoms with Gasteiger partial charge in [-0.15, -0.1) is 0 Å². The summed E-state index contributed by atoms with van der Waals surface area (Å²) in [5.41, 5.74) is 0.911. The van der Waals surface area contributed by atoms with Crippen molar-refractivity contribution >= 4 is 6.09 Å². The molecule has 25 heavy (non-hydrogen) atoms. The molecule has 0 aliphatic carbocycles. The first kappa shape index (κ1) is 20.8. The molecular weight excluding hydrogens is 318 g/mol. The standard InChI is InChI=1S/C20H29NO4/c1-3-4-8-15-24-16-9-6-5-7-14-21-20(22)25-17-18-10-12-19(23-2)13-11-18/h5-7,9-13H,3-4,8,14-17H2,1-2H3,(H,21,22)/b7-5+,9-6+. The number of unbranched alkanes of at least 4 members (excludes halogenated alkanes) is 2. The maximum Gasteiger partial charge on any atom is 0.407 e. The van der Waals surface area contributed by atoms with Crippen LogP contribution in [0.4, 0.5) is 4.79 Å². The average Bonchev–Trinajstić information content (AvgIpc) is 2.65. The molecule has 0 heterocycles. The monoisotopic (exact) mass is 347 g/mol. The third-order valence-corrected chi connectivity index (χ3v) is 3.38. The number of hydrogen-bond acceptors (Lipinski definition) is 4. The largest absolute Gasteiger partial charge is 0.497 e. The molecule has 0 spiro atoms. The molecule has 0 saturated carbocycles. The summed E-state index contributed by atoms with van der Waals surface area (Å²) in [6, 6.07) is 7.39. The molecule has 1 aromatic rings. The fourth-order valence-corrected chi connectivity index (χ4v) is 1.95. The molecule has 5 heteroatoms. The first-order valence-corrected chi connectivity index (χ1v) is 8.69. The van der Waals surface area contributed by atoms with E-state index < -0.39 is 6.09 Å². The van der Waals surface area contributed by atoms with Crippen molar-refractivity contribution in [3.05, 3.63) is 54.1 Å². The lowest BCUT2D eigenvalue weighted by molar-refractivity contribution is 0.140. The minimum atomic E-state index is -0.441. The first-order chi connectivity index (χ1) is 12.3. The number of hydrogen-bond donors (Lipinski definition) is 1. The minimum absolute atomic E-state index is 0.231. The van der Waals surface area contributed by atoms with Crippen LogP contribution < -0.4 is 10.1 Å². The van der Waals surface area contributed by atoms with Gasteiger partial charge in [0, 0.05) is 13.2 Å². The third-order valence-electron chi connectivity index (χ3n) is 3.38. The van der Waals surface area contributed by atoms with Crippen LogP contribution in [0.25, 0.3) is 0 Å². The van der Waals surface area contributed by atoms with Crippen LogP contribution in [-0.2, 0) is 16.1 Å². The fraction of sp³-hybridized carbons (Fsp3) is 0.450. The van der Waals surface area contributed by atoms with Gasteiger partial charge in [-0.2, -0.15) is 0 Å². The smallest absolute Gasteiger partial charge is 0.407 e. The average molecular weight is 347 g/mol. The van der Waals surface area contributed by atoms with Gasteiger partial charge in [0.25, 0.3) is 0 Å². The Balaban J connectivity index is 2.05. The zero-order chi connectivity index (χ0) is 18.2. The fourth-order valence-electron chi connectivity index (χ4n) is 1.95. The van der Waals surface area contributed by atoms with Crippen LogP contribution in [-0.4, -0.2) is 33.0 Å². The zero-order valence-corrected chi connectivity index (χ0v) is 15.2. The van der Waals surface area contributed by atoms with E-state index in [1.165, 1.54) is 12.8 Å². The molecule has 0 aromatic heterocycles.